The molecule has 10 nitrogen and oxygen atoms in total. The van der Waals surface area contributed by atoms with E-state index in [1.807, 2.05) is 45.0 Å². The van der Waals surface area contributed by atoms with Gasteiger partial charge in [0.05, 0.1) is 55.4 Å². The Morgan fingerprint density at radius 1 is 0.702 bits per heavy atom. The number of nitrogens with zero attached hydrogens (tertiary/aromatic N) is 1. The van der Waals surface area contributed by atoms with Crippen LogP contribution in [-0.2, 0) is 48.0 Å². The summed E-state index contributed by atoms with van der Waals surface area (Å²) < 4.78 is 23.6. The minimum absolute atomic E-state index is 0. The van der Waals surface area contributed by atoms with Crippen LogP contribution in [0.3, 0.4) is 0 Å². The zero-order valence-electron chi connectivity index (χ0n) is 36.0. The van der Waals surface area contributed by atoms with Crippen LogP contribution >= 0.6 is 23.5 Å². The van der Waals surface area contributed by atoms with E-state index < -0.39 is 18.1 Å². The van der Waals surface area contributed by atoms with E-state index in [0.29, 0.717) is 13.0 Å². The minimum Gasteiger partial charge on any atom is -0.466 e. The van der Waals surface area contributed by atoms with Gasteiger partial charge in [0.2, 0.25) is 6.04 Å². The molecule has 57 heavy (non-hydrogen) atoms. The average Bonchev–Trinajstić information content (AvgIpc) is 3.18. The fraction of sp³-hybridized carbons (Fsp3) is 0.682. The maximum atomic E-state index is 12.8. The Morgan fingerprint density at radius 2 is 1.07 bits per heavy atom. The Balaban J connectivity index is 0.000000388. The van der Waals surface area contributed by atoms with Crippen molar-refractivity contribution in [1.82, 2.24) is 0 Å². The maximum absolute atomic E-state index is 12.8. The molecule has 2 saturated carbocycles. The molecule has 2 aromatic carbocycles. The number of rotatable bonds is 17. The number of thioether (sulfide) groups is 2. The molecular formula is C44H68N2O8S2Zn. The van der Waals surface area contributed by atoms with Gasteiger partial charge in [-0.25, -0.2) is 0 Å². The minimum atomic E-state index is -0.821. The third-order valence-corrected chi connectivity index (χ3v) is 14.2. The van der Waals surface area contributed by atoms with E-state index in [1.165, 1.54) is 5.56 Å². The second-order valence-corrected chi connectivity index (χ2v) is 17.8. The van der Waals surface area contributed by atoms with Crippen molar-refractivity contribution in [2.75, 3.05) is 13.2 Å². The van der Waals surface area contributed by atoms with Crippen molar-refractivity contribution in [3.63, 3.8) is 0 Å². The molecule has 13 heteroatoms. The summed E-state index contributed by atoms with van der Waals surface area (Å²) in [5.74, 6) is -1.44. The number of nitro groups is 1. The number of ether oxygens (including phenoxy) is 4. The molecule has 316 valence electrons. The van der Waals surface area contributed by atoms with E-state index >= 15 is 0 Å². The van der Waals surface area contributed by atoms with E-state index in [2.05, 4.69) is 65.8 Å². The van der Waals surface area contributed by atoms with Gasteiger partial charge in [0, 0.05) is 57.2 Å². The van der Waals surface area contributed by atoms with Crippen LogP contribution in [0.25, 0.3) is 0 Å². The van der Waals surface area contributed by atoms with Crippen molar-refractivity contribution < 1.29 is 52.9 Å². The molecule has 2 aliphatic carbocycles. The maximum Gasteiger partial charge on any atom is 0.310 e. The fourth-order valence-corrected chi connectivity index (χ4v) is 10.5. The summed E-state index contributed by atoms with van der Waals surface area (Å²) in [7, 11) is 0. The number of carbonyl (C=O) groups excluding carboxylic acids is 2. The predicted octanol–water partition coefficient (Wildman–Crippen LogP) is 9.47. The van der Waals surface area contributed by atoms with Crippen LogP contribution in [0.1, 0.15) is 105 Å². The quantitative estimate of drug-likeness (QED) is 0.0703. The Morgan fingerprint density at radius 3 is 1.42 bits per heavy atom. The van der Waals surface area contributed by atoms with Crippen LogP contribution in [0.15, 0.2) is 58.3 Å². The molecule has 4 rings (SSSR count). The number of esters is 2. The molecule has 2 aromatic rings. The molecule has 2 aliphatic rings. The van der Waals surface area contributed by atoms with Crippen LogP contribution in [0.5, 0.6) is 0 Å². The van der Waals surface area contributed by atoms with Gasteiger partial charge in [-0.3, -0.25) is 19.7 Å². The molecule has 0 radical (unpaired) electrons. The van der Waals surface area contributed by atoms with Gasteiger partial charge in [-0.1, -0.05) is 76.9 Å². The Kier molecular flexibility index (Phi) is 22.9. The van der Waals surface area contributed by atoms with E-state index in [9.17, 15) is 19.7 Å². The van der Waals surface area contributed by atoms with Gasteiger partial charge in [0.25, 0.3) is 0 Å². The number of hydrogen-bond acceptors (Lipinski definition) is 11. The predicted molar refractivity (Wildman–Crippen MR) is 227 cm³/mol. The summed E-state index contributed by atoms with van der Waals surface area (Å²) in [6.07, 6.45) is 4.13. The topological polar surface area (TPSA) is 140 Å². The normalized spacial score (nSPS) is 27.2. The number of hydrogen-bond donors (Lipinski definition) is 1. The number of aryl methyl sites for hydroxylation is 2. The van der Waals surface area contributed by atoms with Crippen LogP contribution in [0.2, 0.25) is 0 Å². The molecule has 10 atom stereocenters. The summed E-state index contributed by atoms with van der Waals surface area (Å²) in [5, 5.41) is 11.5. The Labute approximate surface area is 363 Å². The second-order valence-electron chi connectivity index (χ2n) is 15.3. The van der Waals surface area contributed by atoms with E-state index in [4.69, 9.17) is 24.7 Å². The monoisotopic (exact) mass is 880 g/mol. The Hall–Kier alpha value is -2.02. The van der Waals surface area contributed by atoms with Crippen molar-refractivity contribution >= 4 is 35.5 Å². The standard InChI is InChI=1S/C22H33NO5S.C22H35NO3S.Zn/c1-6-16(7-2)28-20-15(5)19(23(25)26)13-18(22(24)27-8-3)21(20)29-17-11-9-14(4)10-12-17;1-6-16(7-2)26-20-15(5)19(23)13-18(22(24)25-8-3)21(20)27-17-11-9-14(4)10-12-17;/h9-12,15-16,18-21H,6-8,13H2,1-5H3;9-12,15-16,18-21H,6-8,13,23H2,1-5H3;/t2*15-,18-,19+,20+,21-;/m11./s1. The molecule has 0 spiro atoms. The van der Waals surface area contributed by atoms with Crippen molar-refractivity contribution in [3.05, 3.63) is 69.8 Å². The van der Waals surface area contributed by atoms with Gasteiger partial charge in [-0.05, 0) is 90.0 Å². The zero-order chi connectivity index (χ0) is 41.5. The summed E-state index contributed by atoms with van der Waals surface area (Å²) in [4.78, 5) is 39.2. The molecule has 2 N–H and O–H groups in total. The molecule has 0 aliphatic heterocycles. The first kappa shape index (κ1) is 51.1. The molecule has 0 bridgehead atoms. The SMILES string of the molecule is CCOC(=O)[C@@H]1C[C@H](N)[C@@H](C)[C@H](OC(CC)CC)[C@@H]1Sc1ccc(C)cc1.CCOC(=O)[C@@H]1C[C@H]([N+](=O)[O-])[C@@H](C)[C@H](OC(CC)CC)[C@@H]1Sc1ccc(C)cc1.[Zn]. The van der Waals surface area contributed by atoms with E-state index in [0.717, 1.165) is 41.0 Å². The number of nitrogens with two attached hydrogens (primary N) is 1. The average molecular weight is 883 g/mol. The van der Waals surface area contributed by atoms with Gasteiger partial charge in [-0.2, -0.15) is 0 Å². The van der Waals surface area contributed by atoms with Gasteiger partial charge in [0.1, 0.15) is 0 Å². The van der Waals surface area contributed by atoms with E-state index in [-0.39, 0.29) is 102 Å². The third kappa shape index (κ3) is 14.6. The summed E-state index contributed by atoms with van der Waals surface area (Å²) in [6.45, 7) is 20.8. The second kappa shape index (κ2) is 25.6. The van der Waals surface area contributed by atoms with Gasteiger partial charge >= 0.3 is 11.9 Å². The summed E-state index contributed by atoms with van der Waals surface area (Å²) >= 11 is 3.31. The van der Waals surface area contributed by atoms with E-state index in [1.54, 1.807) is 30.4 Å². The van der Waals surface area contributed by atoms with Gasteiger partial charge in [0.15, 0.2) is 0 Å². The van der Waals surface area contributed by atoms with Crippen molar-refractivity contribution in [3.8, 4) is 0 Å². The molecule has 0 amide bonds. The molecule has 2 fully saturated rings. The van der Waals surface area contributed by atoms with Gasteiger partial charge < -0.3 is 24.7 Å². The van der Waals surface area contributed by atoms with Crippen molar-refractivity contribution in [2.24, 2.45) is 29.4 Å². The number of benzene rings is 2. The van der Waals surface area contributed by atoms with Crippen LogP contribution in [0, 0.1) is 47.6 Å². The third-order valence-electron chi connectivity index (χ3n) is 11.3. The van der Waals surface area contributed by atoms with Crippen LogP contribution in [-0.4, -0.2) is 77.1 Å². The fourth-order valence-electron chi connectivity index (χ4n) is 7.66. The molecule has 0 saturated heterocycles. The largest absolute Gasteiger partial charge is 0.466 e. The van der Waals surface area contributed by atoms with Crippen molar-refractivity contribution in [1.29, 1.82) is 0 Å². The molecule has 0 heterocycles. The van der Waals surface area contributed by atoms with Crippen LogP contribution < -0.4 is 5.73 Å². The smallest absolute Gasteiger partial charge is 0.310 e. The summed E-state index contributed by atoms with van der Waals surface area (Å²) in [6, 6.07) is 15.7. The molecular weight excluding hydrogens is 814 g/mol. The molecule has 0 unspecified atom stereocenters. The van der Waals surface area contributed by atoms with Gasteiger partial charge in [-0.15, -0.1) is 23.5 Å². The zero-order valence-corrected chi connectivity index (χ0v) is 40.6. The first-order valence-electron chi connectivity index (χ1n) is 20.7. The Bertz CT molecular complexity index is 1490. The molecule has 0 aromatic heterocycles. The first-order chi connectivity index (χ1) is 26.7. The van der Waals surface area contributed by atoms with Crippen molar-refractivity contribution in [2.45, 2.75) is 165 Å². The van der Waals surface area contributed by atoms with Crippen LogP contribution in [0.4, 0.5) is 0 Å². The number of carbonyl (C=O) groups is 2. The first-order valence-corrected chi connectivity index (χ1v) is 22.5. The summed E-state index contributed by atoms with van der Waals surface area (Å²) in [5.41, 5.74) is 8.82.